The Labute approximate surface area is 176 Å². The standard InChI is InChI=1S/C24H27NO5/c1-16-12-17(2)14-25(13-16)23(27)15-29-24(28)21-6-4-19(5-7-21)20-8-10-22(11-9-20)30-18(3)26/h4-11,16-17H,12-15H2,1-3H3/t16-,17-/m1/s1. The molecule has 1 fully saturated rings. The Bertz CT molecular complexity index is 894. The molecular weight excluding hydrogens is 382 g/mol. The minimum Gasteiger partial charge on any atom is -0.452 e. The quantitative estimate of drug-likeness (QED) is 0.552. The molecule has 0 aliphatic carbocycles. The minimum absolute atomic E-state index is 0.147. The average molecular weight is 409 g/mol. The molecule has 0 saturated carbocycles. The maximum Gasteiger partial charge on any atom is 0.338 e. The molecule has 0 aromatic heterocycles. The number of carbonyl (C=O) groups is 3. The maximum absolute atomic E-state index is 12.4. The van der Waals surface area contributed by atoms with E-state index in [1.165, 1.54) is 6.92 Å². The molecule has 1 heterocycles. The van der Waals surface area contributed by atoms with Crippen LogP contribution < -0.4 is 4.74 Å². The molecule has 1 aliphatic rings. The van der Waals surface area contributed by atoms with Crippen LogP contribution in [-0.2, 0) is 14.3 Å². The first-order valence-corrected chi connectivity index (χ1v) is 10.2. The third-order valence-corrected chi connectivity index (χ3v) is 5.12. The molecule has 2 aromatic carbocycles. The highest BCUT2D eigenvalue weighted by Gasteiger charge is 2.26. The Kier molecular flexibility index (Phi) is 6.87. The predicted molar refractivity (Wildman–Crippen MR) is 113 cm³/mol. The molecule has 0 spiro atoms. The Morgan fingerprint density at radius 1 is 0.900 bits per heavy atom. The maximum atomic E-state index is 12.4. The van der Waals surface area contributed by atoms with Gasteiger partial charge < -0.3 is 14.4 Å². The molecule has 30 heavy (non-hydrogen) atoms. The fourth-order valence-corrected chi connectivity index (χ4v) is 3.85. The highest BCUT2D eigenvalue weighted by molar-refractivity contribution is 5.92. The number of ether oxygens (including phenoxy) is 2. The van der Waals surface area contributed by atoms with Crippen LogP contribution in [0.15, 0.2) is 48.5 Å². The lowest BCUT2D eigenvalue weighted by atomic mass is 9.92. The van der Waals surface area contributed by atoms with Crippen LogP contribution in [0.5, 0.6) is 5.75 Å². The van der Waals surface area contributed by atoms with E-state index >= 15 is 0 Å². The number of esters is 2. The third-order valence-electron chi connectivity index (χ3n) is 5.12. The summed E-state index contributed by atoms with van der Waals surface area (Å²) in [6.45, 7) is 6.81. The van der Waals surface area contributed by atoms with Gasteiger partial charge in [-0.05, 0) is 53.6 Å². The summed E-state index contributed by atoms with van der Waals surface area (Å²) in [6.07, 6.45) is 1.11. The number of rotatable bonds is 5. The van der Waals surface area contributed by atoms with E-state index in [2.05, 4.69) is 13.8 Å². The number of piperidine rings is 1. The third kappa shape index (κ3) is 5.69. The fraction of sp³-hybridized carbons (Fsp3) is 0.375. The molecule has 1 aliphatic heterocycles. The number of benzene rings is 2. The number of hydrogen-bond acceptors (Lipinski definition) is 5. The molecule has 2 aromatic rings. The normalized spacial score (nSPS) is 18.6. The van der Waals surface area contributed by atoms with E-state index in [1.807, 2.05) is 24.3 Å². The molecule has 1 saturated heterocycles. The second-order valence-electron chi connectivity index (χ2n) is 8.02. The van der Waals surface area contributed by atoms with E-state index in [-0.39, 0.29) is 18.5 Å². The molecular formula is C24H27NO5. The molecule has 6 nitrogen and oxygen atoms in total. The highest BCUT2D eigenvalue weighted by Crippen LogP contribution is 2.24. The summed E-state index contributed by atoms with van der Waals surface area (Å²) in [6, 6.07) is 14.1. The molecule has 0 bridgehead atoms. The first-order chi connectivity index (χ1) is 14.3. The summed E-state index contributed by atoms with van der Waals surface area (Å²) in [5, 5.41) is 0. The van der Waals surface area contributed by atoms with Crippen LogP contribution >= 0.6 is 0 Å². The lowest BCUT2D eigenvalue weighted by molar-refractivity contribution is -0.137. The Hall–Kier alpha value is -3.15. The van der Waals surface area contributed by atoms with E-state index in [0.29, 0.717) is 36.2 Å². The van der Waals surface area contributed by atoms with Crippen molar-refractivity contribution in [3.8, 4) is 16.9 Å². The van der Waals surface area contributed by atoms with Gasteiger partial charge in [-0.1, -0.05) is 38.1 Å². The molecule has 0 radical (unpaired) electrons. The lowest BCUT2D eigenvalue weighted by Gasteiger charge is -2.34. The largest absolute Gasteiger partial charge is 0.452 e. The number of hydrogen-bond donors (Lipinski definition) is 0. The topological polar surface area (TPSA) is 72.9 Å². The number of carbonyl (C=O) groups excluding carboxylic acids is 3. The van der Waals surface area contributed by atoms with Crippen molar-refractivity contribution in [3.05, 3.63) is 54.1 Å². The second kappa shape index (κ2) is 9.57. The van der Waals surface area contributed by atoms with Gasteiger partial charge in [0.15, 0.2) is 6.61 Å². The van der Waals surface area contributed by atoms with Crippen molar-refractivity contribution in [2.75, 3.05) is 19.7 Å². The average Bonchev–Trinajstić information content (AvgIpc) is 2.71. The first-order valence-electron chi connectivity index (χ1n) is 10.2. The second-order valence-corrected chi connectivity index (χ2v) is 8.02. The summed E-state index contributed by atoms with van der Waals surface area (Å²) in [7, 11) is 0. The summed E-state index contributed by atoms with van der Waals surface area (Å²) in [5.41, 5.74) is 2.23. The SMILES string of the molecule is CC(=O)Oc1ccc(-c2ccc(C(=O)OCC(=O)N3C[C@H](C)C[C@@H](C)C3)cc2)cc1. The number of amides is 1. The van der Waals surface area contributed by atoms with Gasteiger partial charge in [-0.25, -0.2) is 4.79 Å². The van der Waals surface area contributed by atoms with Gasteiger partial charge in [0.1, 0.15) is 5.75 Å². The van der Waals surface area contributed by atoms with Gasteiger partial charge in [0.2, 0.25) is 0 Å². The number of nitrogens with zero attached hydrogens (tertiary/aromatic N) is 1. The van der Waals surface area contributed by atoms with E-state index in [0.717, 1.165) is 17.5 Å². The van der Waals surface area contributed by atoms with Crippen LogP contribution in [0.3, 0.4) is 0 Å². The van der Waals surface area contributed by atoms with Crippen LogP contribution in [0.25, 0.3) is 11.1 Å². The van der Waals surface area contributed by atoms with Crippen LogP contribution in [0.1, 0.15) is 37.6 Å². The lowest BCUT2D eigenvalue weighted by Crippen LogP contribution is -2.44. The Morgan fingerprint density at radius 2 is 1.43 bits per heavy atom. The van der Waals surface area contributed by atoms with Gasteiger partial charge in [-0.3, -0.25) is 9.59 Å². The van der Waals surface area contributed by atoms with Gasteiger partial charge in [0.25, 0.3) is 5.91 Å². The van der Waals surface area contributed by atoms with Gasteiger partial charge in [0.05, 0.1) is 5.56 Å². The summed E-state index contributed by atoms with van der Waals surface area (Å²) in [5.74, 6) is 0.375. The summed E-state index contributed by atoms with van der Waals surface area (Å²) in [4.78, 5) is 37.5. The van der Waals surface area contributed by atoms with Crippen molar-refractivity contribution in [3.63, 3.8) is 0 Å². The predicted octanol–water partition coefficient (Wildman–Crippen LogP) is 3.94. The van der Waals surface area contributed by atoms with Crippen molar-refractivity contribution in [1.82, 2.24) is 4.90 Å². The molecule has 158 valence electrons. The zero-order valence-corrected chi connectivity index (χ0v) is 17.6. The van der Waals surface area contributed by atoms with Crippen molar-refractivity contribution in [2.45, 2.75) is 27.2 Å². The van der Waals surface area contributed by atoms with Gasteiger partial charge in [0, 0.05) is 20.0 Å². The van der Waals surface area contributed by atoms with E-state index in [1.54, 1.807) is 29.2 Å². The van der Waals surface area contributed by atoms with E-state index < -0.39 is 5.97 Å². The zero-order valence-electron chi connectivity index (χ0n) is 17.6. The zero-order chi connectivity index (χ0) is 21.7. The first kappa shape index (κ1) is 21.6. The monoisotopic (exact) mass is 409 g/mol. The van der Waals surface area contributed by atoms with Crippen molar-refractivity contribution in [1.29, 1.82) is 0 Å². The Balaban J connectivity index is 1.56. The van der Waals surface area contributed by atoms with Gasteiger partial charge in [-0.2, -0.15) is 0 Å². The van der Waals surface area contributed by atoms with E-state index in [9.17, 15) is 14.4 Å². The summed E-state index contributed by atoms with van der Waals surface area (Å²) >= 11 is 0. The van der Waals surface area contributed by atoms with Crippen LogP contribution in [-0.4, -0.2) is 42.4 Å². The molecule has 0 unspecified atom stereocenters. The van der Waals surface area contributed by atoms with E-state index in [4.69, 9.17) is 9.47 Å². The van der Waals surface area contributed by atoms with Crippen molar-refractivity contribution >= 4 is 17.8 Å². The molecule has 1 amide bonds. The minimum atomic E-state index is -0.516. The fourth-order valence-electron chi connectivity index (χ4n) is 3.85. The van der Waals surface area contributed by atoms with Crippen molar-refractivity contribution < 1.29 is 23.9 Å². The highest BCUT2D eigenvalue weighted by atomic mass is 16.5. The van der Waals surface area contributed by atoms with Crippen molar-refractivity contribution in [2.24, 2.45) is 11.8 Å². The summed E-state index contributed by atoms with van der Waals surface area (Å²) < 4.78 is 10.3. The molecule has 2 atom stereocenters. The molecule has 6 heteroatoms. The smallest absolute Gasteiger partial charge is 0.338 e. The molecule has 3 rings (SSSR count). The van der Waals surface area contributed by atoms with Crippen LogP contribution in [0, 0.1) is 11.8 Å². The Morgan fingerprint density at radius 3 is 1.97 bits per heavy atom. The van der Waals surface area contributed by atoms with Gasteiger partial charge in [-0.15, -0.1) is 0 Å². The molecule has 0 N–H and O–H groups in total. The van der Waals surface area contributed by atoms with Crippen LogP contribution in [0.4, 0.5) is 0 Å². The van der Waals surface area contributed by atoms with Gasteiger partial charge >= 0.3 is 11.9 Å². The van der Waals surface area contributed by atoms with Crippen LogP contribution in [0.2, 0.25) is 0 Å². The number of likely N-dealkylation sites (tertiary alicyclic amines) is 1.